The highest BCUT2D eigenvalue weighted by atomic mass is 16.4. The van der Waals surface area contributed by atoms with E-state index in [0.717, 1.165) is 0 Å². The molecule has 0 saturated heterocycles. The van der Waals surface area contributed by atoms with Crippen molar-refractivity contribution in [1.29, 1.82) is 0 Å². The Kier molecular flexibility index (Phi) is 6.33. The summed E-state index contributed by atoms with van der Waals surface area (Å²) < 4.78 is 0. The molecular weight excluding hydrogens is 256 g/mol. The van der Waals surface area contributed by atoms with Gasteiger partial charge in [-0.15, -0.1) is 0 Å². The molecule has 0 aromatic rings. The fraction of sp³-hybridized carbons (Fsp3) is 0.909. The van der Waals surface area contributed by atoms with Crippen LogP contribution in [0.25, 0.3) is 0 Å². The Labute approximate surface area is 111 Å². The zero-order chi connectivity index (χ0) is 15.4. The molecule has 0 aromatic heterocycles. The summed E-state index contributed by atoms with van der Waals surface area (Å²) in [4.78, 5) is 11.2. The highest BCUT2D eigenvalue weighted by Crippen LogP contribution is 2.20. The van der Waals surface area contributed by atoms with Gasteiger partial charge in [-0.1, -0.05) is 6.92 Å². The standard InChI is InChI=1S/C11H24N2O6/c1-4-5-13-11(19,9(12)17)8(16)6(14)7(15)10(2,3)18/h6-8,13-16,18-19H,4-5H2,1-3H3,(H2,12,17)/t6-,7+,8+,11-/m1/s1. The predicted octanol–water partition coefficient (Wildman–Crippen LogP) is -2.99. The van der Waals surface area contributed by atoms with Gasteiger partial charge in [-0.05, 0) is 26.8 Å². The van der Waals surface area contributed by atoms with Crippen LogP contribution < -0.4 is 11.1 Å². The van der Waals surface area contributed by atoms with E-state index in [9.17, 15) is 30.3 Å². The fourth-order valence-electron chi connectivity index (χ4n) is 1.49. The molecule has 0 radical (unpaired) electrons. The number of carbonyl (C=O) groups excluding carboxylic acids is 1. The number of amides is 1. The van der Waals surface area contributed by atoms with Gasteiger partial charge in [0.25, 0.3) is 5.91 Å². The van der Waals surface area contributed by atoms with Crippen molar-refractivity contribution in [3.63, 3.8) is 0 Å². The maximum absolute atomic E-state index is 11.2. The lowest BCUT2D eigenvalue weighted by molar-refractivity contribution is -0.196. The van der Waals surface area contributed by atoms with Crippen LogP contribution in [0.1, 0.15) is 27.2 Å². The van der Waals surface area contributed by atoms with Gasteiger partial charge in [0.15, 0.2) is 0 Å². The Balaban J connectivity index is 5.10. The van der Waals surface area contributed by atoms with E-state index >= 15 is 0 Å². The smallest absolute Gasteiger partial charge is 0.267 e. The zero-order valence-corrected chi connectivity index (χ0v) is 11.4. The first-order valence-electron chi connectivity index (χ1n) is 6.02. The van der Waals surface area contributed by atoms with E-state index in [0.29, 0.717) is 6.42 Å². The van der Waals surface area contributed by atoms with Gasteiger partial charge in [0.05, 0.1) is 5.60 Å². The molecule has 0 bridgehead atoms. The molecule has 19 heavy (non-hydrogen) atoms. The van der Waals surface area contributed by atoms with Crippen molar-refractivity contribution in [2.45, 2.75) is 56.8 Å². The maximum Gasteiger partial charge on any atom is 0.267 e. The third-order valence-corrected chi connectivity index (χ3v) is 2.82. The highest BCUT2D eigenvalue weighted by molar-refractivity contribution is 5.83. The molecule has 0 fully saturated rings. The Morgan fingerprint density at radius 2 is 1.68 bits per heavy atom. The number of nitrogens with one attached hydrogen (secondary N) is 1. The number of aliphatic hydroxyl groups is 5. The van der Waals surface area contributed by atoms with E-state index in [4.69, 9.17) is 5.73 Å². The van der Waals surface area contributed by atoms with Gasteiger partial charge in [0.2, 0.25) is 5.72 Å². The number of hydrogen-bond donors (Lipinski definition) is 7. The van der Waals surface area contributed by atoms with Crippen molar-refractivity contribution >= 4 is 5.91 Å². The van der Waals surface area contributed by atoms with Crippen LogP contribution in [0.4, 0.5) is 0 Å². The molecule has 0 unspecified atom stereocenters. The van der Waals surface area contributed by atoms with Gasteiger partial charge in [-0.25, -0.2) is 0 Å². The maximum atomic E-state index is 11.2. The Hall–Kier alpha value is -0.770. The van der Waals surface area contributed by atoms with Crippen molar-refractivity contribution in [3.05, 3.63) is 0 Å². The monoisotopic (exact) mass is 280 g/mol. The van der Waals surface area contributed by atoms with E-state index in [1.165, 1.54) is 13.8 Å². The van der Waals surface area contributed by atoms with Crippen LogP contribution in [-0.4, -0.2) is 67.6 Å². The molecule has 8 heteroatoms. The number of rotatable bonds is 8. The van der Waals surface area contributed by atoms with Crippen LogP contribution >= 0.6 is 0 Å². The van der Waals surface area contributed by atoms with Crippen molar-refractivity contribution in [2.24, 2.45) is 5.73 Å². The second-order valence-corrected chi connectivity index (χ2v) is 5.09. The van der Waals surface area contributed by atoms with Gasteiger partial charge < -0.3 is 31.3 Å². The average molecular weight is 280 g/mol. The largest absolute Gasteiger partial charge is 0.388 e. The zero-order valence-electron chi connectivity index (χ0n) is 11.4. The molecule has 0 rings (SSSR count). The molecule has 0 aromatic carbocycles. The van der Waals surface area contributed by atoms with Crippen LogP contribution in [0.15, 0.2) is 0 Å². The third kappa shape index (κ3) is 4.37. The minimum atomic E-state index is -2.60. The molecule has 4 atom stereocenters. The number of hydrogen-bond acceptors (Lipinski definition) is 7. The molecule has 8 nitrogen and oxygen atoms in total. The van der Waals surface area contributed by atoms with Crippen LogP contribution in [0.5, 0.6) is 0 Å². The van der Waals surface area contributed by atoms with Crippen LogP contribution in [0, 0.1) is 0 Å². The minimum Gasteiger partial charge on any atom is -0.388 e. The van der Waals surface area contributed by atoms with Gasteiger partial charge >= 0.3 is 0 Å². The number of carbonyl (C=O) groups is 1. The normalized spacial score (nSPS) is 20.4. The lowest BCUT2D eigenvalue weighted by Crippen LogP contribution is -2.68. The molecule has 1 amide bonds. The number of nitrogens with two attached hydrogens (primary N) is 1. The molecule has 0 aliphatic carbocycles. The Morgan fingerprint density at radius 1 is 1.21 bits per heavy atom. The van der Waals surface area contributed by atoms with E-state index in [1.807, 2.05) is 0 Å². The summed E-state index contributed by atoms with van der Waals surface area (Å²) >= 11 is 0. The predicted molar refractivity (Wildman–Crippen MR) is 66.8 cm³/mol. The van der Waals surface area contributed by atoms with Crippen molar-refractivity contribution < 1.29 is 30.3 Å². The van der Waals surface area contributed by atoms with E-state index in [2.05, 4.69) is 5.32 Å². The Morgan fingerprint density at radius 3 is 2.00 bits per heavy atom. The lowest BCUT2D eigenvalue weighted by Gasteiger charge is -2.37. The van der Waals surface area contributed by atoms with Crippen LogP contribution in [0.3, 0.4) is 0 Å². The summed E-state index contributed by atoms with van der Waals surface area (Å²) in [6, 6.07) is 0. The first-order chi connectivity index (χ1) is 8.48. The number of primary amides is 1. The highest BCUT2D eigenvalue weighted by Gasteiger charge is 2.49. The van der Waals surface area contributed by atoms with Crippen molar-refractivity contribution in [3.8, 4) is 0 Å². The van der Waals surface area contributed by atoms with Crippen molar-refractivity contribution in [2.75, 3.05) is 6.54 Å². The summed E-state index contributed by atoms with van der Waals surface area (Å²) in [5, 5.41) is 51.1. The van der Waals surface area contributed by atoms with Crippen molar-refractivity contribution in [1.82, 2.24) is 5.32 Å². The molecular formula is C11H24N2O6. The quantitative estimate of drug-likeness (QED) is 0.234. The molecule has 8 N–H and O–H groups in total. The van der Waals surface area contributed by atoms with Gasteiger partial charge in [-0.2, -0.15) is 0 Å². The summed E-state index contributed by atoms with van der Waals surface area (Å²) in [7, 11) is 0. The van der Waals surface area contributed by atoms with Crippen LogP contribution in [-0.2, 0) is 4.79 Å². The minimum absolute atomic E-state index is 0.155. The van der Waals surface area contributed by atoms with Crippen LogP contribution in [0.2, 0.25) is 0 Å². The second-order valence-electron chi connectivity index (χ2n) is 5.09. The van der Waals surface area contributed by atoms with E-state index in [-0.39, 0.29) is 6.54 Å². The average Bonchev–Trinajstić information content (AvgIpc) is 2.31. The second kappa shape index (κ2) is 6.60. The SMILES string of the molecule is CCCN[C@](O)(C(N)=O)[C@@H](O)[C@H](O)[C@H](O)C(C)(C)O. The first-order valence-corrected chi connectivity index (χ1v) is 6.02. The molecule has 114 valence electrons. The van der Waals surface area contributed by atoms with E-state index < -0.39 is 35.5 Å². The summed E-state index contributed by atoms with van der Waals surface area (Å²) in [6.07, 6.45) is -5.32. The van der Waals surface area contributed by atoms with E-state index in [1.54, 1.807) is 6.92 Å². The molecule has 0 spiro atoms. The van der Waals surface area contributed by atoms with Gasteiger partial charge in [-0.3, -0.25) is 10.1 Å². The molecule has 0 saturated carbocycles. The first kappa shape index (κ1) is 18.2. The fourth-order valence-corrected chi connectivity index (χ4v) is 1.49. The summed E-state index contributed by atoms with van der Waals surface area (Å²) in [5.74, 6) is -1.30. The Bertz CT molecular complexity index is 306. The number of aliphatic hydroxyl groups excluding tert-OH is 3. The molecule has 0 heterocycles. The van der Waals surface area contributed by atoms with Gasteiger partial charge in [0, 0.05) is 0 Å². The summed E-state index contributed by atoms with van der Waals surface area (Å²) in [6.45, 7) is 4.32. The summed E-state index contributed by atoms with van der Waals surface area (Å²) in [5.41, 5.74) is 0.665. The lowest BCUT2D eigenvalue weighted by atomic mass is 9.89. The molecule has 0 aliphatic heterocycles. The molecule has 0 aliphatic rings. The topological polar surface area (TPSA) is 156 Å². The van der Waals surface area contributed by atoms with Gasteiger partial charge in [0.1, 0.15) is 18.3 Å². The third-order valence-electron chi connectivity index (χ3n) is 2.82.